The van der Waals surface area contributed by atoms with Crippen LogP contribution in [0.1, 0.15) is 5.56 Å². The van der Waals surface area contributed by atoms with Crippen LogP contribution in [0.2, 0.25) is 0 Å². The van der Waals surface area contributed by atoms with E-state index in [1.165, 1.54) is 0 Å². The Morgan fingerprint density at radius 2 is 1.46 bits per heavy atom. The first-order valence-electron chi connectivity index (χ1n) is 13.4. The molecule has 2 N–H and O–H groups in total. The monoisotopic (exact) mass is 543 g/mol. The molecule has 41 heavy (non-hydrogen) atoms. The first-order chi connectivity index (χ1) is 20.2. The number of nitrogens with zero attached hydrogens (tertiary/aromatic N) is 6. The van der Waals surface area contributed by atoms with Gasteiger partial charge in [-0.05, 0) is 54.6 Å². The first kappa shape index (κ1) is 26.0. The summed E-state index contributed by atoms with van der Waals surface area (Å²) in [6.07, 6.45) is 1.64. The lowest BCUT2D eigenvalue weighted by atomic mass is 10.2. The third kappa shape index (κ3) is 6.32. The van der Waals surface area contributed by atoms with Gasteiger partial charge in [0.2, 0.25) is 17.8 Å². The summed E-state index contributed by atoms with van der Waals surface area (Å²) in [5.74, 6) is 1.66. The van der Waals surface area contributed by atoms with Crippen molar-refractivity contribution in [3.63, 3.8) is 0 Å². The normalized spacial score (nSPS) is 13.3. The largest absolute Gasteiger partial charge is 0.507 e. The van der Waals surface area contributed by atoms with E-state index in [2.05, 4.69) is 15.2 Å². The molecule has 6 rings (SSSR count). The van der Waals surface area contributed by atoms with Gasteiger partial charge in [-0.2, -0.15) is 15.0 Å². The number of nitrogens with one attached hydrogen (secondary N) is 1. The quantitative estimate of drug-likeness (QED) is 0.218. The number of hydrogen-bond acceptors (Lipinski definition) is 9. The molecule has 2 heterocycles. The molecule has 0 atom stereocenters. The van der Waals surface area contributed by atoms with Gasteiger partial charge in [-0.1, -0.05) is 54.6 Å². The molecule has 204 valence electrons. The van der Waals surface area contributed by atoms with Crippen LogP contribution in [0.4, 0.5) is 40.6 Å². The fraction of sp³-hybridized carbons (Fsp3) is 0.125. The molecule has 0 amide bonds. The number of hydrogen-bond donors (Lipinski definition) is 2. The highest BCUT2D eigenvalue weighted by Gasteiger charge is 2.21. The second-order valence-electron chi connectivity index (χ2n) is 9.36. The van der Waals surface area contributed by atoms with Crippen LogP contribution in [0.3, 0.4) is 0 Å². The molecule has 9 heteroatoms. The van der Waals surface area contributed by atoms with E-state index in [0.717, 1.165) is 22.7 Å². The fourth-order valence-corrected chi connectivity index (χ4v) is 4.48. The first-order valence-corrected chi connectivity index (χ1v) is 13.4. The summed E-state index contributed by atoms with van der Waals surface area (Å²) in [6.45, 7) is 2.61. The van der Waals surface area contributed by atoms with Crippen molar-refractivity contribution in [1.29, 1.82) is 0 Å². The zero-order chi connectivity index (χ0) is 27.9. The summed E-state index contributed by atoms with van der Waals surface area (Å²) in [4.78, 5) is 23.3. The van der Waals surface area contributed by atoms with E-state index in [4.69, 9.17) is 19.7 Å². The molecule has 1 aromatic heterocycles. The van der Waals surface area contributed by atoms with Crippen molar-refractivity contribution in [3.05, 3.63) is 115 Å². The van der Waals surface area contributed by atoms with Gasteiger partial charge in [0.25, 0.3) is 0 Å². The van der Waals surface area contributed by atoms with E-state index in [1.54, 1.807) is 18.3 Å². The number of anilines is 6. The summed E-state index contributed by atoms with van der Waals surface area (Å²) in [7, 11) is 0. The second-order valence-corrected chi connectivity index (χ2v) is 9.36. The van der Waals surface area contributed by atoms with Gasteiger partial charge >= 0.3 is 0 Å². The van der Waals surface area contributed by atoms with Gasteiger partial charge in [0.15, 0.2) is 0 Å². The molecule has 1 fully saturated rings. The van der Waals surface area contributed by atoms with Crippen molar-refractivity contribution < 1.29 is 9.84 Å². The lowest BCUT2D eigenvalue weighted by Crippen LogP contribution is -2.37. The molecule has 0 bridgehead atoms. The third-order valence-corrected chi connectivity index (χ3v) is 6.53. The molecule has 0 unspecified atom stereocenters. The molecule has 0 spiro atoms. The maximum absolute atomic E-state index is 10.1. The number of morpholine rings is 1. The number of aromatic hydroxyl groups is 1. The van der Waals surface area contributed by atoms with E-state index in [0.29, 0.717) is 49.7 Å². The summed E-state index contributed by atoms with van der Waals surface area (Å²) < 4.78 is 5.57. The SMILES string of the molecule is Oc1ccccc1C=Nc1cccc(Nc2nc(N3CCOCC3)nc(N(c3ccccc3)c3ccccc3)n2)c1. The molecule has 1 aliphatic heterocycles. The fourth-order valence-electron chi connectivity index (χ4n) is 4.48. The Kier molecular flexibility index (Phi) is 7.77. The van der Waals surface area contributed by atoms with Crippen LogP contribution in [0, 0.1) is 0 Å². The Bertz CT molecular complexity index is 1580. The molecule has 0 saturated carbocycles. The number of aliphatic imine (C=N–C) groups is 1. The molecule has 1 aliphatic rings. The molecule has 0 radical (unpaired) electrons. The van der Waals surface area contributed by atoms with Crippen molar-refractivity contribution in [2.45, 2.75) is 0 Å². The Balaban J connectivity index is 1.37. The van der Waals surface area contributed by atoms with Crippen molar-refractivity contribution in [3.8, 4) is 5.75 Å². The zero-order valence-electron chi connectivity index (χ0n) is 22.3. The number of para-hydroxylation sites is 3. The van der Waals surface area contributed by atoms with Crippen LogP contribution in [0.25, 0.3) is 0 Å². The van der Waals surface area contributed by atoms with E-state index in [9.17, 15) is 5.11 Å². The lowest BCUT2D eigenvalue weighted by Gasteiger charge is -2.29. The number of ether oxygens (including phenoxy) is 1. The zero-order valence-corrected chi connectivity index (χ0v) is 22.3. The van der Waals surface area contributed by atoms with Gasteiger partial charge in [-0.15, -0.1) is 0 Å². The van der Waals surface area contributed by atoms with Gasteiger partial charge in [-0.25, -0.2) is 0 Å². The van der Waals surface area contributed by atoms with E-state index >= 15 is 0 Å². The van der Waals surface area contributed by atoms with Gasteiger partial charge in [0.1, 0.15) is 5.75 Å². The van der Waals surface area contributed by atoms with Gasteiger partial charge < -0.3 is 20.1 Å². The molecule has 4 aromatic carbocycles. The Labute approximate surface area is 238 Å². The van der Waals surface area contributed by atoms with Crippen molar-refractivity contribution in [1.82, 2.24) is 15.0 Å². The molecule has 5 aromatic rings. The number of phenolic OH excluding ortho intramolecular Hbond substituents is 1. The van der Waals surface area contributed by atoms with Crippen LogP contribution >= 0.6 is 0 Å². The summed E-state index contributed by atoms with van der Waals surface area (Å²) >= 11 is 0. The minimum atomic E-state index is 0.181. The lowest BCUT2D eigenvalue weighted by molar-refractivity contribution is 0.122. The summed E-state index contributed by atoms with van der Waals surface area (Å²) in [5, 5.41) is 13.4. The van der Waals surface area contributed by atoms with Crippen molar-refractivity contribution >= 4 is 46.8 Å². The molecular formula is C32H29N7O2. The highest BCUT2D eigenvalue weighted by molar-refractivity contribution is 5.85. The van der Waals surface area contributed by atoms with Crippen LogP contribution in [-0.4, -0.2) is 52.6 Å². The summed E-state index contributed by atoms with van der Waals surface area (Å²) in [5.41, 5.74) is 4.00. The maximum Gasteiger partial charge on any atom is 0.241 e. The van der Waals surface area contributed by atoms with Crippen molar-refractivity contribution in [2.24, 2.45) is 4.99 Å². The van der Waals surface area contributed by atoms with E-state index in [-0.39, 0.29) is 5.75 Å². The standard InChI is InChI=1S/C32H29N7O2/c40-29-17-8-7-10-24(29)23-33-25-11-9-12-26(22-25)34-30-35-31(38-18-20-41-21-19-38)37-32(36-30)39(27-13-3-1-4-14-27)28-15-5-2-6-16-28/h1-17,22-23,40H,18-21H2,(H,34,35,36,37). The van der Waals surface area contributed by atoms with E-state index < -0.39 is 0 Å². The predicted octanol–water partition coefficient (Wildman–Crippen LogP) is 6.38. The van der Waals surface area contributed by atoms with Crippen LogP contribution in [0.15, 0.2) is 114 Å². The number of aromatic nitrogens is 3. The third-order valence-electron chi connectivity index (χ3n) is 6.53. The number of phenols is 1. The minimum absolute atomic E-state index is 0.181. The van der Waals surface area contributed by atoms with E-state index in [1.807, 2.05) is 102 Å². The molecule has 1 saturated heterocycles. The van der Waals surface area contributed by atoms with Gasteiger partial charge in [0, 0.05) is 41.9 Å². The highest BCUT2D eigenvalue weighted by atomic mass is 16.5. The number of rotatable bonds is 8. The average molecular weight is 544 g/mol. The van der Waals surface area contributed by atoms with Crippen LogP contribution in [-0.2, 0) is 4.74 Å². The predicted molar refractivity (Wildman–Crippen MR) is 163 cm³/mol. The molecule has 9 nitrogen and oxygen atoms in total. The highest BCUT2D eigenvalue weighted by Crippen LogP contribution is 2.33. The van der Waals surface area contributed by atoms with Gasteiger partial charge in [0.05, 0.1) is 18.9 Å². The molecular weight excluding hydrogens is 514 g/mol. The Hall–Kier alpha value is -5.28. The van der Waals surface area contributed by atoms with Crippen LogP contribution < -0.4 is 15.1 Å². The second kappa shape index (κ2) is 12.3. The summed E-state index contributed by atoms with van der Waals surface area (Å²) in [6, 6.07) is 34.8. The number of benzene rings is 4. The Morgan fingerprint density at radius 3 is 2.17 bits per heavy atom. The topological polar surface area (TPSA) is 99.0 Å². The molecule has 0 aliphatic carbocycles. The Morgan fingerprint density at radius 1 is 0.780 bits per heavy atom. The van der Waals surface area contributed by atoms with Crippen LogP contribution in [0.5, 0.6) is 5.75 Å². The van der Waals surface area contributed by atoms with Gasteiger partial charge in [-0.3, -0.25) is 9.89 Å². The average Bonchev–Trinajstić information content (AvgIpc) is 3.02. The van der Waals surface area contributed by atoms with Crippen molar-refractivity contribution in [2.75, 3.05) is 41.4 Å². The minimum Gasteiger partial charge on any atom is -0.507 e. The smallest absolute Gasteiger partial charge is 0.241 e. The maximum atomic E-state index is 10.1.